The molecule has 0 unspecified atom stereocenters. The van der Waals surface area contributed by atoms with Gasteiger partial charge < -0.3 is 9.47 Å². The van der Waals surface area contributed by atoms with Gasteiger partial charge in [-0.15, -0.1) is 0 Å². The van der Waals surface area contributed by atoms with E-state index in [1.165, 1.54) is 0 Å². The Morgan fingerprint density at radius 3 is 2.08 bits per heavy atom. The van der Waals surface area contributed by atoms with Gasteiger partial charge in [-0.25, -0.2) is 9.59 Å². The monoisotopic (exact) mass is 404 g/mol. The van der Waals surface area contributed by atoms with Crippen molar-refractivity contribution in [1.29, 1.82) is 0 Å². The van der Waals surface area contributed by atoms with E-state index in [2.05, 4.69) is 22.9 Å². The molecule has 25 heavy (non-hydrogen) atoms. The fourth-order valence-corrected chi connectivity index (χ4v) is 2.51. The van der Waals surface area contributed by atoms with Crippen molar-refractivity contribution in [1.82, 2.24) is 0 Å². The van der Waals surface area contributed by atoms with E-state index < -0.39 is 11.9 Å². The van der Waals surface area contributed by atoms with Crippen LogP contribution in [0.5, 0.6) is 0 Å². The third-order valence-corrected chi connectivity index (χ3v) is 4.16. The van der Waals surface area contributed by atoms with E-state index in [0.29, 0.717) is 6.61 Å². The Morgan fingerprint density at radius 2 is 1.48 bits per heavy atom. The molecule has 0 saturated carbocycles. The van der Waals surface area contributed by atoms with Crippen LogP contribution in [0.15, 0.2) is 53.0 Å². The number of ether oxygens (including phenoxy) is 2. The average Bonchev–Trinajstić information content (AvgIpc) is 2.64. The van der Waals surface area contributed by atoms with Crippen molar-refractivity contribution in [3.05, 3.63) is 69.7 Å². The van der Waals surface area contributed by atoms with Gasteiger partial charge in [0, 0.05) is 4.47 Å². The maximum Gasteiger partial charge on any atom is 0.339 e. The third-order valence-electron chi connectivity index (χ3n) is 3.63. The zero-order valence-electron chi connectivity index (χ0n) is 14.2. The van der Waals surface area contributed by atoms with Crippen LogP contribution >= 0.6 is 15.9 Å². The molecule has 0 amide bonds. The van der Waals surface area contributed by atoms with Crippen molar-refractivity contribution >= 4 is 27.9 Å². The highest BCUT2D eigenvalue weighted by atomic mass is 79.9. The van der Waals surface area contributed by atoms with Crippen molar-refractivity contribution in [2.75, 3.05) is 6.61 Å². The van der Waals surface area contributed by atoms with E-state index in [4.69, 9.17) is 9.47 Å². The first kappa shape index (κ1) is 19.2. The smallest absolute Gasteiger partial charge is 0.339 e. The van der Waals surface area contributed by atoms with Crippen LogP contribution in [-0.4, -0.2) is 18.5 Å². The van der Waals surface area contributed by atoms with Crippen molar-refractivity contribution in [3.63, 3.8) is 0 Å². The molecule has 0 aliphatic rings. The molecule has 2 rings (SSSR count). The number of esters is 2. The third kappa shape index (κ3) is 6.02. The maximum atomic E-state index is 12.3. The number of hydrogen-bond acceptors (Lipinski definition) is 4. The first-order valence-electron chi connectivity index (χ1n) is 8.29. The number of halogens is 1. The minimum absolute atomic E-state index is 0.145. The standard InChI is InChI=1S/C20H21BrO4/c1-2-3-6-13-24-19(22)17-7-4-5-8-18(17)20(23)25-14-15-9-11-16(21)12-10-15/h4-5,7-12H,2-3,6,13-14H2,1H3. The van der Waals surface area contributed by atoms with Crippen molar-refractivity contribution in [3.8, 4) is 0 Å². The summed E-state index contributed by atoms with van der Waals surface area (Å²) in [6.45, 7) is 2.58. The number of benzene rings is 2. The lowest BCUT2D eigenvalue weighted by Crippen LogP contribution is -2.14. The predicted molar refractivity (Wildman–Crippen MR) is 99.5 cm³/mol. The average molecular weight is 405 g/mol. The van der Waals surface area contributed by atoms with Crippen molar-refractivity contribution in [2.24, 2.45) is 0 Å². The SMILES string of the molecule is CCCCCOC(=O)c1ccccc1C(=O)OCc1ccc(Br)cc1. The maximum absolute atomic E-state index is 12.3. The summed E-state index contributed by atoms with van der Waals surface area (Å²) in [6.07, 6.45) is 2.87. The lowest BCUT2D eigenvalue weighted by Gasteiger charge is -2.10. The molecular weight excluding hydrogens is 384 g/mol. The molecular formula is C20H21BrO4. The van der Waals surface area contributed by atoms with Gasteiger partial charge in [0.2, 0.25) is 0 Å². The van der Waals surface area contributed by atoms with E-state index in [1.54, 1.807) is 24.3 Å². The minimum Gasteiger partial charge on any atom is -0.462 e. The van der Waals surface area contributed by atoms with E-state index in [9.17, 15) is 9.59 Å². The topological polar surface area (TPSA) is 52.6 Å². The van der Waals surface area contributed by atoms with Gasteiger partial charge in [0.15, 0.2) is 0 Å². The van der Waals surface area contributed by atoms with Gasteiger partial charge in [-0.2, -0.15) is 0 Å². The largest absolute Gasteiger partial charge is 0.462 e. The molecule has 0 aliphatic carbocycles. The molecule has 0 spiro atoms. The molecule has 0 aromatic heterocycles. The van der Waals surface area contributed by atoms with Crippen LogP contribution in [0.1, 0.15) is 52.5 Å². The van der Waals surface area contributed by atoms with Crippen LogP contribution in [0.4, 0.5) is 0 Å². The lowest BCUT2D eigenvalue weighted by atomic mass is 10.1. The van der Waals surface area contributed by atoms with Crippen LogP contribution in [0, 0.1) is 0 Å². The Bertz CT molecular complexity index is 710. The zero-order chi connectivity index (χ0) is 18.1. The Labute approximate surface area is 156 Å². The van der Waals surface area contributed by atoms with Gasteiger partial charge in [0.25, 0.3) is 0 Å². The zero-order valence-corrected chi connectivity index (χ0v) is 15.8. The first-order valence-corrected chi connectivity index (χ1v) is 9.09. The molecule has 2 aromatic rings. The number of hydrogen-bond donors (Lipinski definition) is 0. The molecule has 0 saturated heterocycles. The fourth-order valence-electron chi connectivity index (χ4n) is 2.24. The molecule has 0 fully saturated rings. The summed E-state index contributed by atoms with van der Waals surface area (Å²) in [5.41, 5.74) is 1.33. The van der Waals surface area contributed by atoms with Gasteiger partial charge in [0.1, 0.15) is 6.61 Å². The second-order valence-electron chi connectivity index (χ2n) is 5.59. The van der Waals surface area contributed by atoms with E-state index in [-0.39, 0.29) is 17.7 Å². The van der Waals surface area contributed by atoms with Crippen LogP contribution in [-0.2, 0) is 16.1 Å². The van der Waals surface area contributed by atoms with E-state index in [1.807, 2.05) is 24.3 Å². The van der Waals surface area contributed by atoms with Gasteiger partial charge in [-0.05, 0) is 36.2 Å². The molecule has 0 atom stereocenters. The fraction of sp³-hybridized carbons (Fsp3) is 0.300. The van der Waals surface area contributed by atoms with Crippen molar-refractivity contribution < 1.29 is 19.1 Å². The molecule has 4 nitrogen and oxygen atoms in total. The van der Waals surface area contributed by atoms with Crippen LogP contribution < -0.4 is 0 Å². The molecule has 2 aromatic carbocycles. The van der Waals surface area contributed by atoms with Gasteiger partial charge in [-0.3, -0.25) is 0 Å². The molecule has 0 radical (unpaired) electrons. The predicted octanol–water partition coefficient (Wildman–Crippen LogP) is 5.15. The first-order chi connectivity index (χ1) is 12.1. The van der Waals surface area contributed by atoms with Crippen molar-refractivity contribution in [2.45, 2.75) is 32.8 Å². The summed E-state index contributed by atoms with van der Waals surface area (Å²) in [5, 5.41) is 0. The highest BCUT2D eigenvalue weighted by Gasteiger charge is 2.18. The summed E-state index contributed by atoms with van der Waals surface area (Å²) in [6, 6.07) is 14.1. The summed E-state index contributed by atoms with van der Waals surface area (Å²) in [5.74, 6) is -1.03. The summed E-state index contributed by atoms with van der Waals surface area (Å²) in [7, 11) is 0. The Balaban J connectivity index is 1.99. The highest BCUT2D eigenvalue weighted by Crippen LogP contribution is 2.15. The van der Waals surface area contributed by atoms with Gasteiger partial charge in [0.05, 0.1) is 17.7 Å². The number of unbranched alkanes of at least 4 members (excludes halogenated alkanes) is 2. The van der Waals surface area contributed by atoms with Gasteiger partial charge >= 0.3 is 11.9 Å². The van der Waals surface area contributed by atoms with E-state index >= 15 is 0 Å². The second-order valence-corrected chi connectivity index (χ2v) is 6.51. The normalized spacial score (nSPS) is 10.3. The highest BCUT2D eigenvalue weighted by molar-refractivity contribution is 9.10. The Morgan fingerprint density at radius 1 is 0.880 bits per heavy atom. The quantitative estimate of drug-likeness (QED) is 0.450. The Hall–Kier alpha value is -2.14. The molecule has 0 bridgehead atoms. The molecule has 0 aliphatic heterocycles. The lowest BCUT2D eigenvalue weighted by molar-refractivity contribution is 0.0436. The number of carbonyl (C=O) groups excluding carboxylic acids is 2. The molecule has 0 heterocycles. The van der Waals surface area contributed by atoms with Crippen LogP contribution in [0.2, 0.25) is 0 Å². The summed E-state index contributed by atoms with van der Waals surface area (Å²) >= 11 is 3.36. The Kier molecular flexibility index (Phi) is 7.67. The van der Waals surface area contributed by atoms with Crippen LogP contribution in [0.25, 0.3) is 0 Å². The van der Waals surface area contributed by atoms with Crippen LogP contribution in [0.3, 0.4) is 0 Å². The molecule has 5 heteroatoms. The van der Waals surface area contributed by atoms with E-state index in [0.717, 1.165) is 29.3 Å². The summed E-state index contributed by atoms with van der Waals surface area (Å²) < 4.78 is 11.5. The molecule has 132 valence electrons. The minimum atomic E-state index is -0.538. The number of carbonyl (C=O) groups is 2. The molecule has 0 N–H and O–H groups in total. The second kappa shape index (κ2) is 9.99. The summed E-state index contributed by atoms with van der Waals surface area (Å²) in [4.78, 5) is 24.6. The number of rotatable bonds is 8. The van der Waals surface area contributed by atoms with Gasteiger partial charge in [-0.1, -0.05) is 60.0 Å².